The van der Waals surface area contributed by atoms with E-state index >= 15 is 0 Å². The lowest BCUT2D eigenvalue weighted by Crippen LogP contribution is -2.15. The van der Waals surface area contributed by atoms with Crippen molar-refractivity contribution < 1.29 is 0 Å². The largest absolute Gasteiger partial charge is 0.240 e. The Balaban J connectivity index is 1.69. The van der Waals surface area contributed by atoms with Crippen molar-refractivity contribution in [3.05, 3.63) is 23.8 Å². The van der Waals surface area contributed by atoms with Crippen LogP contribution in [0.4, 0.5) is 0 Å². The molecule has 2 rings (SSSR count). The van der Waals surface area contributed by atoms with E-state index in [1.807, 2.05) is 0 Å². The van der Waals surface area contributed by atoms with Gasteiger partial charge in [-0.25, -0.2) is 9.97 Å². The molecule has 1 aliphatic rings. The summed E-state index contributed by atoms with van der Waals surface area (Å²) >= 11 is 0. The van der Waals surface area contributed by atoms with Gasteiger partial charge in [-0.15, -0.1) is 0 Å². The summed E-state index contributed by atoms with van der Waals surface area (Å²) in [6, 6.07) is 2.08. The number of aromatic nitrogens is 2. The van der Waals surface area contributed by atoms with E-state index in [0.29, 0.717) is 11.5 Å². The lowest BCUT2D eigenvalue weighted by molar-refractivity contribution is 0.296. The molecule has 1 heterocycles. The van der Waals surface area contributed by atoms with Gasteiger partial charge >= 0.3 is 0 Å². The Hall–Kier alpha value is -1.43. The molecule has 1 aromatic rings. The summed E-state index contributed by atoms with van der Waals surface area (Å²) in [7, 11) is 0. The molecule has 0 bridgehead atoms. The molecular formula is C18H27N3. The number of hydrogen-bond acceptors (Lipinski definition) is 3. The van der Waals surface area contributed by atoms with Crippen molar-refractivity contribution in [1.82, 2.24) is 9.97 Å². The van der Waals surface area contributed by atoms with Gasteiger partial charge in [-0.1, -0.05) is 45.4 Å². The van der Waals surface area contributed by atoms with Crippen LogP contribution in [0.25, 0.3) is 0 Å². The average molecular weight is 285 g/mol. The third-order valence-corrected chi connectivity index (χ3v) is 4.73. The molecule has 0 radical (unpaired) electrons. The molecule has 0 atom stereocenters. The van der Waals surface area contributed by atoms with Gasteiger partial charge in [-0.05, 0) is 31.6 Å². The second-order valence-electron chi connectivity index (χ2n) is 6.36. The minimum Gasteiger partial charge on any atom is -0.240 e. The van der Waals surface area contributed by atoms with Gasteiger partial charge in [0.1, 0.15) is 11.9 Å². The summed E-state index contributed by atoms with van der Waals surface area (Å²) in [6.45, 7) is 2.27. The molecule has 114 valence electrons. The molecule has 0 spiro atoms. The summed E-state index contributed by atoms with van der Waals surface area (Å²) in [5.41, 5.74) is 0.555. The summed E-state index contributed by atoms with van der Waals surface area (Å²) in [5, 5.41) is 8.78. The molecule has 0 aromatic carbocycles. The predicted octanol–water partition coefficient (Wildman–Crippen LogP) is 4.98. The molecule has 1 saturated carbocycles. The Bertz CT molecular complexity index is 439. The van der Waals surface area contributed by atoms with Gasteiger partial charge in [0.05, 0.1) is 5.56 Å². The maximum Gasteiger partial charge on any atom is 0.131 e. The second-order valence-corrected chi connectivity index (χ2v) is 6.36. The summed E-state index contributed by atoms with van der Waals surface area (Å²) in [4.78, 5) is 8.72. The second kappa shape index (κ2) is 8.77. The Morgan fingerprint density at radius 1 is 1.05 bits per heavy atom. The van der Waals surface area contributed by atoms with Crippen LogP contribution in [0.2, 0.25) is 0 Å². The maximum atomic E-state index is 8.78. The minimum absolute atomic E-state index is 0.508. The number of nitrogens with zero attached hydrogens (tertiary/aromatic N) is 3. The lowest BCUT2D eigenvalue weighted by Gasteiger charge is -2.27. The highest BCUT2D eigenvalue weighted by atomic mass is 14.9. The third-order valence-electron chi connectivity index (χ3n) is 4.73. The minimum atomic E-state index is 0.508. The van der Waals surface area contributed by atoms with Gasteiger partial charge in [0, 0.05) is 18.3 Å². The molecule has 0 amide bonds. The molecule has 0 unspecified atom stereocenters. The number of rotatable bonds is 7. The van der Waals surface area contributed by atoms with Crippen molar-refractivity contribution in [3.63, 3.8) is 0 Å². The molecule has 1 fully saturated rings. The highest BCUT2D eigenvalue weighted by Crippen LogP contribution is 2.36. The fourth-order valence-electron chi connectivity index (χ4n) is 3.35. The van der Waals surface area contributed by atoms with Gasteiger partial charge in [0.15, 0.2) is 0 Å². The van der Waals surface area contributed by atoms with Crippen molar-refractivity contribution in [1.29, 1.82) is 5.26 Å². The first-order valence-corrected chi connectivity index (χ1v) is 8.55. The molecule has 0 N–H and O–H groups in total. The van der Waals surface area contributed by atoms with E-state index in [1.54, 1.807) is 12.4 Å². The van der Waals surface area contributed by atoms with Crippen LogP contribution in [0.5, 0.6) is 0 Å². The van der Waals surface area contributed by atoms with Crippen LogP contribution < -0.4 is 0 Å². The van der Waals surface area contributed by atoms with Gasteiger partial charge in [0.25, 0.3) is 0 Å². The van der Waals surface area contributed by atoms with Crippen LogP contribution in [0.3, 0.4) is 0 Å². The Kier molecular flexibility index (Phi) is 6.66. The third kappa shape index (κ3) is 5.12. The zero-order chi connectivity index (χ0) is 14.9. The topological polar surface area (TPSA) is 49.6 Å². The molecule has 0 saturated heterocycles. The molecule has 3 heteroatoms. The monoisotopic (exact) mass is 285 g/mol. The lowest BCUT2D eigenvalue weighted by atomic mass is 9.79. The van der Waals surface area contributed by atoms with Crippen molar-refractivity contribution in [2.45, 2.75) is 77.0 Å². The van der Waals surface area contributed by atoms with Gasteiger partial charge in [-0.3, -0.25) is 0 Å². The Labute approximate surface area is 128 Å². The molecular weight excluding hydrogens is 258 g/mol. The fourth-order valence-corrected chi connectivity index (χ4v) is 3.35. The quantitative estimate of drug-likeness (QED) is 0.664. The van der Waals surface area contributed by atoms with Crippen LogP contribution in [0, 0.1) is 17.2 Å². The highest BCUT2D eigenvalue weighted by molar-refractivity contribution is 5.22. The average Bonchev–Trinajstić information content (AvgIpc) is 2.55. The first-order chi connectivity index (χ1) is 10.3. The zero-order valence-electron chi connectivity index (χ0n) is 13.2. The summed E-state index contributed by atoms with van der Waals surface area (Å²) in [5.74, 6) is 2.37. The number of unbranched alkanes of at least 4 members (excludes halogenated alkanes) is 4. The van der Waals surface area contributed by atoms with Crippen LogP contribution in [0.1, 0.15) is 88.4 Å². The van der Waals surface area contributed by atoms with E-state index < -0.39 is 0 Å². The molecule has 0 aliphatic heterocycles. The van der Waals surface area contributed by atoms with Crippen LogP contribution in [-0.2, 0) is 0 Å². The zero-order valence-corrected chi connectivity index (χ0v) is 13.2. The normalized spacial score (nSPS) is 21.9. The van der Waals surface area contributed by atoms with E-state index in [-0.39, 0.29) is 0 Å². The van der Waals surface area contributed by atoms with E-state index in [9.17, 15) is 0 Å². The van der Waals surface area contributed by atoms with E-state index in [2.05, 4.69) is 23.0 Å². The van der Waals surface area contributed by atoms with Crippen molar-refractivity contribution in [2.75, 3.05) is 0 Å². The van der Waals surface area contributed by atoms with E-state index in [0.717, 1.165) is 11.7 Å². The fraction of sp³-hybridized carbons (Fsp3) is 0.722. The van der Waals surface area contributed by atoms with Gasteiger partial charge < -0.3 is 0 Å². The number of nitriles is 1. The van der Waals surface area contributed by atoms with Crippen LogP contribution in [-0.4, -0.2) is 9.97 Å². The van der Waals surface area contributed by atoms with Crippen molar-refractivity contribution >= 4 is 0 Å². The van der Waals surface area contributed by atoms with Gasteiger partial charge in [-0.2, -0.15) is 5.26 Å². The standard InChI is InChI=1S/C18H27N3/c1-2-3-4-5-6-7-15-8-10-17(11-9-15)18-20-13-16(12-19)14-21-18/h13-15,17H,2-11H2,1H3. The highest BCUT2D eigenvalue weighted by Gasteiger charge is 2.23. The molecule has 3 nitrogen and oxygen atoms in total. The molecule has 1 aromatic heterocycles. The number of hydrogen-bond donors (Lipinski definition) is 0. The maximum absolute atomic E-state index is 8.78. The summed E-state index contributed by atoms with van der Waals surface area (Å²) < 4.78 is 0. The summed E-state index contributed by atoms with van der Waals surface area (Å²) in [6.07, 6.45) is 16.7. The Morgan fingerprint density at radius 3 is 2.33 bits per heavy atom. The van der Waals surface area contributed by atoms with E-state index in [4.69, 9.17) is 5.26 Å². The first-order valence-electron chi connectivity index (χ1n) is 8.55. The first kappa shape index (κ1) is 15.9. The van der Waals surface area contributed by atoms with Crippen molar-refractivity contribution in [2.24, 2.45) is 5.92 Å². The Morgan fingerprint density at radius 2 is 1.71 bits per heavy atom. The SMILES string of the molecule is CCCCCCCC1CCC(c2ncc(C#N)cn2)CC1. The van der Waals surface area contributed by atoms with Crippen LogP contribution in [0.15, 0.2) is 12.4 Å². The predicted molar refractivity (Wildman–Crippen MR) is 84.8 cm³/mol. The smallest absolute Gasteiger partial charge is 0.131 e. The van der Waals surface area contributed by atoms with E-state index in [1.165, 1.54) is 64.2 Å². The van der Waals surface area contributed by atoms with Crippen molar-refractivity contribution in [3.8, 4) is 6.07 Å². The molecule has 1 aliphatic carbocycles. The van der Waals surface area contributed by atoms with Gasteiger partial charge in [0.2, 0.25) is 0 Å². The molecule has 21 heavy (non-hydrogen) atoms. The van der Waals surface area contributed by atoms with Crippen LogP contribution >= 0.6 is 0 Å².